The second kappa shape index (κ2) is 5.27. The van der Waals surface area contributed by atoms with Crippen molar-refractivity contribution in [3.63, 3.8) is 0 Å². The van der Waals surface area contributed by atoms with E-state index in [1.165, 1.54) is 0 Å². The number of carbonyl (C=O) groups excluding carboxylic acids is 1. The summed E-state index contributed by atoms with van der Waals surface area (Å²) in [5.41, 5.74) is 0. The molecule has 2 N–H and O–H groups in total. The molecule has 0 radical (unpaired) electrons. The molecule has 0 aliphatic carbocycles. The molecule has 1 atom stereocenters. The summed E-state index contributed by atoms with van der Waals surface area (Å²) in [6, 6.07) is 0.396. The van der Waals surface area contributed by atoms with E-state index in [2.05, 4.69) is 27.4 Å². The molecule has 1 unspecified atom stereocenters. The number of aryl methyl sites for hydroxylation is 1. The van der Waals surface area contributed by atoms with Crippen molar-refractivity contribution < 1.29 is 4.79 Å². The number of rotatable bonds is 4. The maximum absolute atomic E-state index is 12.1. The van der Waals surface area contributed by atoms with Crippen molar-refractivity contribution >= 4 is 5.91 Å². The van der Waals surface area contributed by atoms with Gasteiger partial charge in [-0.25, -0.2) is 4.98 Å². The standard InChI is InChI=1S/C11H19N5O/c1-3-4-9-13-10(15-14-9)11(17)16-6-5-8(7-16)12-2/h8,12H,3-7H2,1-2H3,(H,13,14,15). The van der Waals surface area contributed by atoms with Crippen LogP contribution in [0.5, 0.6) is 0 Å². The van der Waals surface area contributed by atoms with Crippen molar-refractivity contribution in [2.45, 2.75) is 32.2 Å². The van der Waals surface area contributed by atoms with Gasteiger partial charge in [-0.2, -0.15) is 0 Å². The van der Waals surface area contributed by atoms with E-state index in [4.69, 9.17) is 0 Å². The topological polar surface area (TPSA) is 73.9 Å². The van der Waals surface area contributed by atoms with Gasteiger partial charge in [0.15, 0.2) is 0 Å². The summed E-state index contributed by atoms with van der Waals surface area (Å²) in [5.74, 6) is 1.02. The van der Waals surface area contributed by atoms with E-state index in [9.17, 15) is 4.79 Å². The summed E-state index contributed by atoms with van der Waals surface area (Å²) in [5, 5.41) is 9.98. The zero-order chi connectivity index (χ0) is 12.3. The highest BCUT2D eigenvalue weighted by Gasteiger charge is 2.27. The van der Waals surface area contributed by atoms with Crippen LogP contribution in [0.1, 0.15) is 36.2 Å². The lowest BCUT2D eigenvalue weighted by Crippen LogP contribution is -2.34. The van der Waals surface area contributed by atoms with Crippen LogP contribution in [0.2, 0.25) is 0 Å². The number of amides is 1. The van der Waals surface area contributed by atoms with E-state index in [-0.39, 0.29) is 5.91 Å². The Kier molecular flexibility index (Phi) is 3.73. The maximum atomic E-state index is 12.1. The molecule has 2 heterocycles. The first-order valence-corrected chi connectivity index (χ1v) is 6.12. The lowest BCUT2D eigenvalue weighted by molar-refractivity contribution is 0.0778. The molecule has 1 fully saturated rings. The molecule has 1 aromatic rings. The van der Waals surface area contributed by atoms with Crippen LogP contribution in [-0.2, 0) is 6.42 Å². The number of likely N-dealkylation sites (tertiary alicyclic amines) is 1. The summed E-state index contributed by atoms with van der Waals surface area (Å²) >= 11 is 0. The Labute approximate surface area is 101 Å². The highest BCUT2D eigenvalue weighted by molar-refractivity contribution is 5.90. The number of aromatic nitrogens is 3. The van der Waals surface area contributed by atoms with E-state index in [1.54, 1.807) is 4.90 Å². The van der Waals surface area contributed by atoms with Gasteiger partial charge in [0.05, 0.1) is 0 Å². The molecule has 6 heteroatoms. The number of likely N-dealkylation sites (N-methyl/N-ethyl adjacent to an activating group) is 1. The van der Waals surface area contributed by atoms with Crippen molar-refractivity contribution in [3.05, 3.63) is 11.6 Å². The van der Waals surface area contributed by atoms with Gasteiger partial charge in [-0.05, 0) is 19.9 Å². The van der Waals surface area contributed by atoms with Gasteiger partial charge < -0.3 is 10.2 Å². The molecule has 94 valence electrons. The Morgan fingerprint density at radius 1 is 1.65 bits per heavy atom. The number of nitrogens with zero attached hydrogens (tertiary/aromatic N) is 3. The van der Waals surface area contributed by atoms with Crippen LogP contribution in [0, 0.1) is 0 Å². The second-order valence-corrected chi connectivity index (χ2v) is 4.38. The summed E-state index contributed by atoms with van der Waals surface area (Å²) < 4.78 is 0. The van der Waals surface area contributed by atoms with Crippen LogP contribution in [0.3, 0.4) is 0 Å². The number of H-pyrrole nitrogens is 1. The average molecular weight is 237 g/mol. The Hall–Kier alpha value is -1.43. The van der Waals surface area contributed by atoms with E-state index in [0.717, 1.165) is 38.2 Å². The van der Waals surface area contributed by atoms with Gasteiger partial charge in [-0.15, -0.1) is 5.10 Å². The Balaban J connectivity index is 1.99. The van der Waals surface area contributed by atoms with Gasteiger partial charge in [0.25, 0.3) is 5.91 Å². The lowest BCUT2D eigenvalue weighted by atomic mass is 10.3. The Morgan fingerprint density at radius 3 is 3.12 bits per heavy atom. The van der Waals surface area contributed by atoms with Gasteiger partial charge >= 0.3 is 0 Å². The minimum absolute atomic E-state index is 0.0682. The Bertz CT molecular complexity index is 389. The minimum Gasteiger partial charge on any atom is -0.334 e. The third kappa shape index (κ3) is 2.63. The number of hydrogen-bond donors (Lipinski definition) is 2. The van der Waals surface area contributed by atoms with Gasteiger partial charge in [0.1, 0.15) is 5.82 Å². The number of nitrogens with one attached hydrogen (secondary N) is 2. The first-order valence-electron chi connectivity index (χ1n) is 6.12. The fraction of sp³-hybridized carbons (Fsp3) is 0.727. The summed E-state index contributed by atoms with van der Waals surface area (Å²) in [6.07, 6.45) is 2.82. The first kappa shape index (κ1) is 12.0. The van der Waals surface area contributed by atoms with Crippen LogP contribution in [0.4, 0.5) is 0 Å². The Morgan fingerprint density at radius 2 is 2.47 bits per heavy atom. The average Bonchev–Trinajstić information content (AvgIpc) is 2.97. The highest BCUT2D eigenvalue weighted by atomic mass is 16.2. The third-order valence-corrected chi connectivity index (χ3v) is 3.09. The van der Waals surface area contributed by atoms with Crippen LogP contribution < -0.4 is 5.32 Å². The van der Waals surface area contributed by atoms with E-state index < -0.39 is 0 Å². The van der Waals surface area contributed by atoms with Gasteiger partial charge in [0, 0.05) is 25.6 Å². The van der Waals surface area contributed by atoms with E-state index >= 15 is 0 Å². The summed E-state index contributed by atoms with van der Waals surface area (Å²) in [4.78, 5) is 18.1. The fourth-order valence-corrected chi connectivity index (χ4v) is 2.06. The highest BCUT2D eigenvalue weighted by Crippen LogP contribution is 2.11. The zero-order valence-corrected chi connectivity index (χ0v) is 10.4. The minimum atomic E-state index is -0.0682. The molecule has 0 saturated carbocycles. The maximum Gasteiger partial charge on any atom is 0.293 e. The molecule has 0 aromatic carbocycles. The number of carbonyl (C=O) groups is 1. The number of hydrogen-bond acceptors (Lipinski definition) is 4. The molecule has 6 nitrogen and oxygen atoms in total. The second-order valence-electron chi connectivity index (χ2n) is 4.38. The molecular formula is C11H19N5O. The van der Waals surface area contributed by atoms with Crippen molar-refractivity contribution in [1.82, 2.24) is 25.4 Å². The quantitative estimate of drug-likeness (QED) is 0.784. The molecule has 0 spiro atoms. The van der Waals surface area contributed by atoms with Crippen LogP contribution in [0.15, 0.2) is 0 Å². The zero-order valence-electron chi connectivity index (χ0n) is 10.4. The monoisotopic (exact) mass is 237 g/mol. The smallest absolute Gasteiger partial charge is 0.293 e. The van der Waals surface area contributed by atoms with Crippen LogP contribution in [0.25, 0.3) is 0 Å². The lowest BCUT2D eigenvalue weighted by Gasteiger charge is -2.13. The van der Waals surface area contributed by atoms with Crippen molar-refractivity contribution in [1.29, 1.82) is 0 Å². The van der Waals surface area contributed by atoms with E-state index in [0.29, 0.717) is 11.9 Å². The molecule has 1 saturated heterocycles. The predicted molar refractivity (Wildman–Crippen MR) is 63.7 cm³/mol. The molecule has 17 heavy (non-hydrogen) atoms. The van der Waals surface area contributed by atoms with Gasteiger partial charge in [-0.1, -0.05) is 6.92 Å². The van der Waals surface area contributed by atoms with Crippen LogP contribution >= 0.6 is 0 Å². The van der Waals surface area contributed by atoms with E-state index in [1.807, 2.05) is 7.05 Å². The van der Waals surface area contributed by atoms with Crippen molar-refractivity contribution in [3.8, 4) is 0 Å². The fourth-order valence-electron chi connectivity index (χ4n) is 2.06. The molecule has 1 aliphatic rings. The normalized spacial score (nSPS) is 19.9. The molecule has 2 rings (SSSR count). The van der Waals surface area contributed by atoms with Gasteiger partial charge in [-0.3, -0.25) is 9.89 Å². The molecule has 0 bridgehead atoms. The summed E-state index contributed by atoms with van der Waals surface area (Å²) in [6.45, 7) is 3.59. The number of aromatic amines is 1. The summed E-state index contributed by atoms with van der Waals surface area (Å²) in [7, 11) is 1.92. The van der Waals surface area contributed by atoms with Crippen LogP contribution in [-0.4, -0.2) is 52.2 Å². The molecule has 1 amide bonds. The first-order chi connectivity index (χ1) is 8.24. The van der Waals surface area contributed by atoms with Crippen molar-refractivity contribution in [2.75, 3.05) is 20.1 Å². The molecule has 1 aliphatic heterocycles. The molecule has 1 aromatic heterocycles. The van der Waals surface area contributed by atoms with Gasteiger partial charge in [0.2, 0.25) is 5.82 Å². The third-order valence-electron chi connectivity index (χ3n) is 3.09. The predicted octanol–water partition coefficient (Wildman–Crippen LogP) is 0.191. The molecular weight excluding hydrogens is 218 g/mol. The largest absolute Gasteiger partial charge is 0.334 e. The SMILES string of the molecule is CCCc1nc(C(=O)N2CCC(NC)C2)n[nH]1. The van der Waals surface area contributed by atoms with Crippen molar-refractivity contribution in [2.24, 2.45) is 0 Å².